The lowest BCUT2D eigenvalue weighted by Crippen LogP contribution is -2.47. The quantitative estimate of drug-likeness (QED) is 0.874. The highest BCUT2D eigenvalue weighted by molar-refractivity contribution is 5.75. The molecule has 0 spiro atoms. The van der Waals surface area contributed by atoms with Gasteiger partial charge < -0.3 is 15.4 Å². The fourth-order valence-electron chi connectivity index (χ4n) is 3.45. The fourth-order valence-corrected chi connectivity index (χ4v) is 3.45. The highest BCUT2D eigenvalue weighted by Gasteiger charge is 2.41. The van der Waals surface area contributed by atoms with Crippen LogP contribution in [0.4, 0.5) is 4.79 Å². The van der Waals surface area contributed by atoms with E-state index in [1.54, 1.807) is 0 Å². The number of urea groups is 1. The molecule has 2 bridgehead atoms. The summed E-state index contributed by atoms with van der Waals surface area (Å²) >= 11 is 0. The minimum Gasteiger partial charge on any atom is -0.373 e. The number of ether oxygens (including phenoxy) is 1. The number of rotatable bonds is 5. The van der Waals surface area contributed by atoms with E-state index in [4.69, 9.17) is 4.74 Å². The molecule has 2 aliphatic heterocycles. The highest BCUT2D eigenvalue weighted by atomic mass is 16.5. The van der Waals surface area contributed by atoms with Crippen molar-refractivity contribution in [2.24, 2.45) is 0 Å². The first-order valence-corrected chi connectivity index (χ1v) is 8.03. The Morgan fingerprint density at radius 1 is 1.33 bits per heavy atom. The number of benzene rings is 1. The number of carbonyl (C=O) groups is 1. The molecule has 2 heterocycles. The first-order valence-electron chi connectivity index (χ1n) is 8.03. The van der Waals surface area contributed by atoms with Crippen molar-refractivity contribution in [3.05, 3.63) is 35.9 Å². The Morgan fingerprint density at radius 3 is 2.76 bits per heavy atom. The van der Waals surface area contributed by atoms with Crippen LogP contribution in [0.3, 0.4) is 0 Å². The van der Waals surface area contributed by atoms with Gasteiger partial charge in [0.15, 0.2) is 0 Å². The minimum atomic E-state index is -0.0709. The molecule has 2 fully saturated rings. The van der Waals surface area contributed by atoms with Gasteiger partial charge in [0.25, 0.3) is 0 Å². The molecule has 21 heavy (non-hydrogen) atoms. The average molecular weight is 288 g/mol. The van der Waals surface area contributed by atoms with Crippen LogP contribution < -0.4 is 10.6 Å². The molecular weight excluding hydrogens is 264 g/mol. The van der Waals surface area contributed by atoms with Crippen molar-refractivity contribution in [3.8, 4) is 0 Å². The molecule has 0 aromatic heterocycles. The molecule has 4 unspecified atom stereocenters. The van der Waals surface area contributed by atoms with Gasteiger partial charge in [-0.05, 0) is 31.2 Å². The summed E-state index contributed by atoms with van der Waals surface area (Å²) < 4.78 is 5.78. The van der Waals surface area contributed by atoms with Crippen molar-refractivity contribution in [1.82, 2.24) is 10.6 Å². The molecule has 2 amide bonds. The maximum Gasteiger partial charge on any atom is 0.315 e. The lowest BCUT2D eigenvalue weighted by molar-refractivity contribution is 0.0980. The number of amides is 2. The van der Waals surface area contributed by atoms with Crippen LogP contribution in [0.15, 0.2) is 30.3 Å². The summed E-state index contributed by atoms with van der Waals surface area (Å²) in [6.45, 7) is 2.14. The van der Waals surface area contributed by atoms with Crippen LogP contribution in [0, 0.1) is 0 Å². The molecule has 0 saturated carbocycles. The summed E-state index contributed by atoms with van der Waals surface area (Å²) in [6, 6.07) is 10.4. The zero-order valence-electron chi connectivity index (χ0n) is 12.5. The summed E-state index contributed by atoms with van der Waals surface area (Å²) in [6.07, 6.45) is 5.76. The first-order chi connectivity index (χ1) is 10.3. The minimum absolute atomic E-state index is 0.0709. The van der Waals surface area contributed by atoms with Crippen molar-refractivity contribution < 1.29 is 9.53 Å². The maximum atomic E-state index is 12.3. The number of hydrogen-bond donors (Lipinski definition) is 2. The predicted octanol–water partition coefficient (Wildman–Crippen LogP) is 3.15. The van der Waals surface area contributed by atoms with E-state index < -0.39 is 0 Å². The van der Waals surface area contributed by atoms with Crippen LogP contribution in [0.2, 0.25) is 0 Å². The Bertz CT molecular complexity index is 477. The van der Waals surface area contributed by atoms with E-state index in [0.29, 0.717) is 6.10 Å². The number of fused-ring (bicyclic) bond motifs is 2. The molecule has 0 radical (unpaired) electrons. The second-order valence-corrected chi connectivity index (χ2v) is 6.09. The number of hydrogen-bond acceptors (Lipinski definition) is 2. The molecule has 1 aromatic rings. The molecule has 4 nitrogen and oxygen atoms in total. The molecule has 0 aliphatic carbocycles. The second kappa shape index (κ2) is 6.48. The lowest BCUT2D eigenvalue weighted by Gasteiger charge is -2.23. The van der Waals surface area contributed by atoms with E-state index in [-0.39, 0.29) is 24.2 Å². The Kier molecular flexibility index (Phi) is 4.44. The van der Waals surface area contributed by atoms with Crippen LogP contribution in [-0.4, -0.2) is 24.3 Å². The van der Waals surface area contributed by atoms with E-state index in [2.05, 4.69) is 29.7 Å². The standard InChI is InChI=1S/C17H24N2O2/c1-2-6-14(12-7-4-3-5-8-12)18-17(20)19-15-11-13-9-10-16(15)21-13/h3-5,7-8,13-16H,2,6,9-11H2,1H3,(H2,18,19,20). The number of carbonyl (C=O) groups excluding carboxylic acids is 1. The first kappa shape index (κ1) is 14.4. The second-order valence-electron chi connectivity index (χ2n) is 6.09. The van der Waals surface area contributed by atoms with Crippen molar-refractivity contribution in [1.29, 1.82) is 0 Å². The van der Waals surface area contributed by atoms with Crippen LogP contribution in [0.25, 0.3) is 0 Å². The smallest absolute Gasteiger partial charge is 0.315 e. The third kappa shape index (κ3) is 3.38. The van der Waals surface area contributed by atoms with Gasteiger partial charge >= 0.3 is 6.03 Å². The average Bonchev–Trinajstić information content (AvgIpc) is 3.10. The van der Waals surface area contributed by atoms with Crippen molar-refractivity contribution in [2.45, 2.75) is 63.3 Å². The van der Waals surface area contributed by atoms with Crippen molar-refractivity contribution in [2.75, 3.05) is 0 Å². The normalized spacial score (nSPS) is 28.3. The summed E-state index contributed by atoms with van der Waals surface area (Å²) in [5.74, 6) is 0. The van der Waals surface area contributed by atoms with Gasteiger partial charge in [0.05, 0.1) is 24.3 Å². The van der Waals surface area contributed by atoms with Gasteiger partial charge in [-0.25, -0.2) is 4.79 Å². The summed E-state index contributed by atoms with van der Waals surface area (Å²) in [5, 5.41) is 6.21. The third-order valence-electron chi connectivity index (χ3n) is 4.51. The summed E-state index contributed by atoms with van der Waals surface area (Å²) in [4.78, 5) is 12.3. The molecular formula is C17H24N2O2. The fraction of sp³-hybridized carbons (Fsp3) is 0.588. The predicted molar refractivity (Wildman–Crippen MR) is 82.1 cm³/mol. The molecule has 4 atom stereocenters. The Labute approximate surface area is 126 Å². The zero-order valence-corrected chi connectivity index (χ0v) is 12.5. The summed E-state index contributed by atoms with van der Waals surface area (Å²) in [7, 11) is 0. The molecule has 1 aromatic carbocycles. The molecule has 4 heteroatoms. The Hall–Kier alpha value is -1.55. The van der Waals surface area contributed by atoms with Gasteiger partial charge in [-0.3, -0.25) is 0 Å². The number of nitrogens with one attached hydrogen (secondary N) is 2. The molecule has 114 valence electrons. The highest BCUT2D eigenvalue weighted by Crippen LogP contribution is 2.34. The van der Waals surface area contributed by atoms with E-state index in [1.807, 2.05) is 18.2 Å². The maximum absolute atomic E-state index is 12.3. The van der Waals surface area contributed by atoms with E-state index in [1.165, 1.54) is 5.56 Å². The van der Waals surface area contributed by atoms with Gasteiger partial charge in [-0.15, -0.1) is 0 Å². The van der Waals surface area contributed by atoms with Gasteiger partial charge in [0.2, 0.25) is 0 Å². The topological polar surface area (TPSA) is 50.4 Å². The lowest BCUT2D eigenvalue weighted by atomic mass is 9.95. The SMILES string of the molecule is CCCC(NC(=O)NC1CC2CCC1O2)c1ccccc1. The molecule has 3 rings (SSSR count). The Morgan fingerprint density at radius 2 is 2.14 bits per heavy atom. The van der Waals surface area contributed by atoms with E-state index >= 15 is 0 Å². The van der Waals surface area contributed by atoms with Crippen LogP contribution in [-0.2, 0) is 4.74 Å². The van der Waals surface area contributed by atoms with Crippen molar-refractivity contribution in [3.63, 3.8) is 0 Å². The zero-order chi connectivity index (χ0) is 14.7. The van der Waals surface area contributed by atoms with Gasteiger partial charge in [-0.1, -0.05) is 43.7 Å². The van der Waals surface area contributed by atoms with Crippen LogP contribution in [0.5, 0.6) is 0 Å². The van der Waals surface area contributed by atoms with E-state index in [9.17, 15) is 4.79 Å². The van der Waals surface area contributed by atoms with Gasteiger partial charge in [0, 0.05) is 0 Å². The van der Waals surface area contributed by atoms with Crippen LogP contribution >= 0.6 is 0 Å². The van der Waals surface area contributed by atoms with Gasteiger partial charge in [-0.2, -0.15) is 0 Å². The summed E-state index contributed by atoms with van der Waals surface area (Å²) in [5.41, 5.74) is 1.17. The third-order valence-corrected chi connectivity index (χ3v) is 4.51. The molecule has 2 aliphatic rings. The van der Waals surface area contributed by atoms with Crippen LogP contribution in [0.1, 0.15) is 50.6 Å². The Balaban J connectivity index is 1.56. The van der Waals surface area contributed by atoms with Crippen molar-refractivity contribution >= 4 is 6.03 Å². The van der Waals surface area contributed by atoms with E-state index in [0.717, 1.165) is 32.1 Å². The molecule has 2 saturated heterocycles. The monoisotopic (exact) mass is 288 g/mol. The molecule has 2 N–H and O–H groups in total. The van der Waals surface area contributed by atoms with Gasteiger partial charge in [0.1, 0.15) is 0 Å². The largest absolute Gasteiger partial charge is 0.373 e.